The lowest BCUT2D eigenvalue weighted by Gasteiger charge is -2.27. The normalized spacial score (nSPS) is 24.6. The number of carbonyl (C=O) groups is 2. The second kappa shape index (κ2) is 9.90. The Hall–Kier alpha value is -4.06. The maximum absolute atomic E-state index is 14.3. The third-order valence-corrected chi connectivity index (χ3v) is 6.83. The zero-order valence-electron chi connectivity index (χ0n) is 20.5. The quantitative estimate of drug-likeness (QED) is 0.434. The molecule has 0 spiro atoms. The third kappa shape index (κ3) is 4.98. The second-order valence-corrected chi connectivity index (χ2v) is 9.68. The Kier molecular flexibility index (Phi) is 6.88. The van der Waals surface area contributed by atoms with Gasteiger partial charge in [-0.3, -0.25) is 9.59 Å². The summed E-state index contributed by atoms with van der Waals surface area (Å²) in [5.74, 6) is -0.832. The number of nitrogens with one attached hydrogen (secondary N) is 2. The molecule has 1 aromatic carbocycles. The van der Waals surface area contributed by atoms with Gasteiger partial charge < -0.3 is 27.0 Å². The van der Waals surface area contributed by atoms with Gasteiger partial charge in [-0.05, 0) is 92.2 Å². The number of allylic oxidation sites excluding steroid dienone is 5. The largest absolute Gasteiger partial charge is 0.404 e. The van der Waals surface area contributed by atoms with Crippen molar-refractivity contribution < 1.29 is 14.0 Å². The smallest absolute Gasteiger partial charge is 0.247 e. The molecule has 2 aliphatic heterocycles. The van der Waals surface area contributed by atoms with Crippen LogP contribution in [0.1, 0.15) is 44.2 Å². The van der Waals surface area contributed by atoms with Crippen molar-refractivity contribution in [1.29, 1.82) is 5.26 Å². The Bertz CT molecular complexity index is 1250. The summed E-state index contributed by atoms with van der Waals surface area (Å²) in [5, 5.41) is 15.7. The van der Waals surface area contributed by atoms with Crippen LogP contribution in [0.3, 0.4) is 0 Å². The van der Waals surface area contributed by atoms with Crippen molar-refractivity contribution in [1.82, 2.24) is 15.5 Å². The number of nitrogens with zero attached hydrogens (tertiary/aromatic N) is 2. The van der Waals surface area contributed by atoms with Gasteiger partial charge in [0.2, 0.25) is 11.8 Å². The van der Waals surface area contributed by atoms with Gasteiger partial charge >= 0.3 is 0 Å². The number of nitriles is 1. The molecule has 1 aromatic rings. The zero-order chi connectivity index (χ0) is 26.0. The Morgan fingerprint density at radius 3 is 2.78 bits per heavy atom. The van der Waals surface area contributed by atoms with E-state index in [1.807, 2.05) is 13.0 Å². The van der Waals surface area contributed by atoms with Crippen LogP contribution in [-0.2, 0) is 16.1 Å². The van der Waals surface area contributed by atoms with E-state index in [-0.39, 0.29) is 24.3 Å². The maximum Gasteiger partial charge on any atom is 0.247 e. The summed E-state index contributed by atoms with van der Waals surface area (Å²) in [6.07, 6.45) is 8.82. The van der Waals surface area contributed by atoms with Gasteiger partial charge in [-0.2, -0.15) is 5.26 Å². The average Bonchev–Trinajstić information content (AvgIpc) is 3.63. The topological polar surface area (TPSA) is 137 Å². The molecule has 1 aliphatic carbocycles. The number of nitrogens with two attached hydrogens (primary N) is 2. The molecule has 2 fully saturated rings. The Morgan fingerprint density at radius 2 is 2.14 bits per heavy atom. The minimum Gasteiger partial charge on any atom is -0.404 e. The van der Waals surface area contributed by atoms with E-state index in [0.717, 1.165) is 18.5 Å². The van der Waals surface area contributed by atoms with E-state index < -0.39 is 17.3 Å². The summed E-state index contributed by atoms with van der Waals surface area (Å²) in [6.45, 7) is 4.07. The van der Waals surface area contributed by atoms with Crippen LogP contribution < -0.4 is 22.1 Å². The monoisotopic (exact) mass is 490 g/mol. The van der Waals surface area contributed by atoms with Gasteiger partial charge in [0.1, 0.15) is 17.3 Å². The number of halogens is 1. The summed E-state index contributed by atoms with van der Waals surface area (Å²) < 4.78 is 14.3. The highest BCUT2D eigenvalue weighted by Gasteiger charge is 2.57. The minimum atomic E-state index is -0.950. The van der Waals surface area contributed by atoms with E-state index >= 15 is 0 Å². The number of dihydropyridines is 1. The third-order valence-electron chi connectivity index (χ3n) is 6.83. The number of amides is 2. The first kappa shape index (κ1) is 25.0. The van der Waals surface area contributed by atoms with Crippen LogP contribution in [0.25, 0.3) is 5.57 Å². The van der Waals surface area contributed by atoms with Crippen LogP contribution in [0.4, 0.5) is 4.39 Å². The fraction of sp³-hybridized carbons (Fsp3) is 0.370. The van der Waals surface area contributed by atoms with Crippen molar-refractivity contribution in [3.05, 3.63) is 76.7 Å². The molecular formula is C27H31FN6O2. The molecule has 2 atom stereocenters. The van der Waals surface area contributed by atoms with E-state index in [1.54, 1.807) is 30.0 Å². The lowest BCUT2D eigenvalue weighted by molar-refractivity contribution is -0.132. The summed E-state index contributed by atoms with van der Waals surface area (Å²) in [7, 11) is 0. The van der Waals surface area contributed by atoms with Crippen LogP contribution in [0.5, 0.6) is 0 Å². The number of likely N-dealkylation sites (tertiary alicyclic amines) is 1. The Labute approximate surface area is 210 Å². The number of rotatable bonds is 7. The minimum absolute atomic E-state index is 0.0960. The van der Waals surface area contributed by atoms with Crippen LogP contribution in [-0.4, -0.2) is 29.3 Å². The molecule has 0 bridgehead atoms. The zero-order valence-corrected chi connectivity index (χ0v) is 20.5. The lowest BCUT2D eigenvalue weighted by atomic mass is 9.82. The highest BCUT2D eigenvalue weighted by Crippen LogP contribution is 2.52. The molecule has 6 N–H and O–H groups in total. The highest BCUT2D eigenvalue weighted by molar-refractivity contribution is 5.91. The van der Waals surface area contributed by atoms with E-state index in [1.165, 1.54) is 18.3 Å². The molecule has 1 saturated heterocycles. The average molecular weight is 491 g/mol. The van der Waals surface area contributed by atoms with Crippen LogP contribution in [0, 0.1) is 28.5 Å². The first-order chi connectivity index (χ1) is 17.2. The Balaban J connectivity index is 1.47. The first-order valence-corrected chi connectivity index (χ1v) is 12.0. The van der Waals surface area contributed by atoms with E-state index in [2.05, 4.69) is 16.7 Å². The fourth-order valence-corrected chi connectivity index (χ4v) is 4.90. The fourth-order valence-electron chi connectivity index (χ4n) is 4.90. The van der Waals surface area contributed by atoms with Gasteiger partial charge in [-0.15, -0.1) is 0 Å². The summed E-state index contributed by atoms with van der Waals surface area (Å²) >= 11 is 0. The molecule has 4 rings (SSSR count). The first-order valence-electron chi connectivity index (χ1n) is 12.0. The summed E-state index contributed by atoms with van der Waals surface area (Å²) in [4.78, 5) is 27.8. The van der Waals surface area contributed by atoms with Crippen molar-refractivity contribution in [2.45, 2.75) is 45.7 Å². The van der Waals surface area contributed by atoms with Gasteiger partial charge in [0.05, 0.1) is 6.07 Å². The van der Waals surface area contributed by atoms with Crippen molar-refractivity contribution in [3.63, 3.8) is 0 Å². The number of hydrogen-bond acceptors (Lipinski definition) is 6. The molecule has 9 heteroatoms. The maximum atomic E-state index is 14.3. The molecule has 3 aliphatic rings. The molecule has 1 saturated carbocycles. The summed E-state index contributed by atoms with van der Waals surface area (Å²) in [6, 6.07) is 6.01. The molecule has 2 heterocycles. The number of hydrogen-bond donors (Lipinski definition) is 4. The molecule has 0 aromatic heterocycles. The van der Waals surface area contributed by atoms with E-state index in [0.29, 0.717) is 41.1 Å². The number of carbonyl (C=O) groups excluding carboxylic acids is 2. The molecule has 8 nitrogen and oxygen atoms in total. The predicted octanol–water partition coefficient (Wildman–Crippen LogP) is 2.52. The molecule has 188 valence electrons. The van der Waals surface area contributed by atoms with E-state index in [4.69, 9.17) is 11.5 Å². The number of benzene rings is 1. The van der Waals surface area contributed by atoms with E-state index in [9.17, 15) is 19.2 Å². The second-order valence-electron chi connectivity index (χ2n) is 9.68. The molecular weight excluding hydrogens is 459 g/mol. The van der Waals surface area contributed by atoms with Gasteiger partial charge in [0.25, 0.3) is 0 Å². The molecule has 36 heavy (non-hydrogen) atoms. The van der Waals surface area contributed by atoms with Gasteiger partial charge in [-0.25, -0.2) is 4.39 Å². The standard InChI is InChI=1S/C27H31FN6O2/c1-16(31)7-20(13-29)19-9-18(10-22(28)11-19)14-32-25(35)24-12-23(8-17(2)33-24)34-6-5-27(15-30,26(34)36)21-3-4-21/h7-13,21,24,33H,3-6,14,29,31H2,1-2H3,(H,32,35)/b16-7-,20-13+. The van der Waals surface area contributed by atoms with Crippen LogP contribution in [0.15, 0.2) is 59.7 Å². The molecule has 2 amide bonds. The van der Waals surface area contributed by atoms with Crippen LogP contribution >= 0.6 is 0 Å². The highest BCUT2D eigenvalue weighted by atomic mass is 19.1. The summed E-state index contributed by atoms with van der Waals surface area (Å²) in [5.41, 5.74) is 14.0. The predicted molar refractivity (Wildman–Crippen MR) is 134 cm³/mol. The molecule has 2 unspecified atom stereocenters. The van der Waals surface area contributed by atoms with Gasteiger partial charge in [0.15, 0.2) is 0 Å². The molecule has 0 radical (unpaired) electrons. The van der Waals surface area contributed by atoms with Gasteiger partial charge in [-0.1, -0.05) is 0 Å². The lowest BCUT2D eigenvalue weighted by Crippen LogP contribution is -2.45. The van der Waals surface area contributed by atoms with Crippen molar-refractivity contribution in [2.24, 2.45) is 22.8 Å². The Morgan fingerprint density at radius 1 is 1.39 bits per heavy atom. The van der Waals surface area contributed by atoms with Crippen molar-refractivity contribution in [2.75, 3.05) is 6.54 Å². The van der Waals surface area contributed by atoms with Crippen molar-refractivity contribution in [3.8, 4) is 6.07 Å². The SMILES string of the molecule is CC1=CC(N2CCC(C#N)(C3CC3)C2=O)=CC(C(=O)NCc2cc(F)cc(C(/C=C(/C)N)=C/N)c2)N1. The van der Waals surface area contributed by atoms with Crippen molar-refractivity contribution >= 4 is 17.4 Å². The van der Waals surface area contributed by atoms with Gasteiger partial charge in [0, 0.05) is 36.4 Å². The van der Waals surface area contributed by atoms with Crippen LogP contribution in [0.2, 0.25) is 0 Å².